The lowest BCUT2D eigenvalue weighted by atomic mass is 10.2. The molecule has 1 aliphatic carbocycles. The van der Waals surface area contributed by atoms with E-state index in [1.165, 1.54) is 37.9 Å². The monoisotopic (exact) mass is 277 g/mol. The lowest BCUT2D eigenvalue weighted by Gasteiger charge is -2.20. The van der Waals surface area contributed by atoms with Crippen LogP contribution in [-0.4, -0.2) is 49.1 Å². The molecule has 1 atom stereocenters. The molecule has 2 fully saturated rings. The molecule has 0 amide bonds. The molecule has 1 unspecified atom stereocenters. The first-order valence-electron chi connectivity index (χ1n) is 7.82. The summed E-state index contributed by atoms with van der Waals surface area (Å²) in [4.78, 5) is 4.88. The van der Waals surface area contributed by atoms with E-state index in [0.29, 0.717) is 6.04 Å². The summed E-state index contributed by atoms with van der Waals surface area (Å²) >= 11 is 0. The second-order valence-electron chi connectivity index (χ2n) is 6.59. The standard InChI is InChI=1S/C16H27N3O/c1-12-13(8-16(20-12)9-17-14-4-5-14)10-19-7-6-15(11-19)18(2)3/h8,14-15,17H,4-7,9-11H2,1-3H3. The first-order valence-corrected chi connectivity index (χ1v) is 7.82. The number of rotatable bonds is 6. The third kappa shape index (κ3) is 3.43. The van der Waals surface area contributed by atoms with E-state index >= 15 is 0 Å². The third-order valence-electron chi connectivity index (χ3n) is 4.59. The van der Waals surface area contributed by atoms with Gasteiger partial charge in [0.05, 0.1) is 6.54 Å². The van der Waals surface area contributed by atoms with Gasteiger partial charge in [-0.2, -0.15) is 0 Å². The molecule has 112 valence electrons. The van der Waals surface area contributed by atoms with Crippen molar-refractivity contribution in [1.82, 2.24) is 15.1 Å². The Morgan fingerprint density at radius 1 is 1.35 bits per heavy atom. The highest BCUT2D eigenvalue weighted by Gasteiger charge is 2.25. The molecule has 3 rings (SSSR count). The van der Waals surface area contributed by atoms with E-state index in [4.69, 9.17) is 4.42 Å². The van der Waals surface area contributed by atoms with Crippen LogP contribution in [0.25, 0.3) is 0 Å². The van der Waals surface area contributed by atoms with Gasteiger partial charge < -0.3 is 14.6 Å². The van der Waals surface area contributed by atoms with E-state index in [1.807, 2.05) is 0 Å². The van der Waals surface area contributed by atoms with Gasteiger partial charge in [0.2, 0.25) is 0 Å². The van der Waals surface area contributed by atoms with E-state index in [-0.39, 0.29) is 0 Å². The van der Waals surface area contributed by atoms with Crippen LogP contribution in [0.4, 0.5) is 0 Å². The number of hydrogen-bond donors (Lipinski definition) is 1. The Morgan fingerprint density at radius 2 is 2.15 bits per heavy atom. The molecule has 1 aromatic rings. The van der Waals surface area contributed by atoms with E-state index in [1.54, 1.807) is 0 Å². The minimum atomic E-state index is 0.707. The van der Waals surface area contributed by atoms with Gasteiger partial charge in [0, 0.05) is 37.3 Å². The second kappa shape index (κ2) is 5.88. The molecule has 0 bridgehead atoms. The number of nitrogens with one attached hydrogen (secondary N) is 1. The van der Waals surface area contributed by atoms with Crippen LogP contribution >= 0.6 is 0 Å². The molecule has 1 N–H and O–H groups in total. The van der Waals surface area contributed by atoms with Crippen molar-refractivity contribution in [2.75, 3.05) is 27.2 Å². The number of hydrogen-bond acceptors (Lipinski definition) is 4. The van der Waals surface area contributed by atoms with Crippen LogP contribution in [0.15, 0.2) is 10.5 Å². The smallest absolute Gasteiger partial charge is 0.118 e. The van der Waals surface area contributed by atoms with Gasteiger partial charge in [-0.25, -0.2) is 0 Å². The molecular weight excluding hydrogens is 250 g/mol. The molecule has 0 radical (unpaired) electrons. The second-order valence-corrected chi connectivity index (χ2v) is 6.59. The van der Waals surface area contributed by atoms with E-state index < -0.39 is 0 Å². The summed E-state index contributed by atoms with van der Waals surface area (Å²) in [6.07, 6.45) is 3.93. The molecule has 1 aromatic heterocycles. The predicted octanol–water partition coefficient (Wildman–Crippen LogP) is 1.98. The van der Waals surface area contributed by atoms with E-state index in [9.17, 15) is 0 Å². The zero-order chi connectivity index (χ0) is 14.1. The molecule has 1 saturated heterocycles. The number of likely N-dealkylation sites (tertiary alicyclic amines) is 1. The van der Waals surface area contributed by atoms with Crippen LogP contribution in [0.3, 0.4) is 0 Å². The molecule has 1 aliphatic heterocycles. The van der Waals surface area contributed by atoms with Crippen LogP contribution in [0.5, 0.6) is 0 Å². The summed E-state index contributed by atoms with van der Waals surface area (Å²) in [6.45, 7) is 6.38. The zero-order valence-electron chi connectivity index (χ0n) is 13.0. The summed E-state index contributed by atoms with van der Waals surface area (Å²) in [5.41, 5.74) is 1.36. The third-order valence-corrected chi connectivity index (χ3v) is 4.59. The van der Waals surface area contributed by atoms with E-state index in [0.717, 1.165) is 30.7 Å². The van der Waals surface area contributed by atoms with Crippen molar-refractivity contribution in [2.24, 2.45) is 0 Å². The molecule has 2 heterocycles. The van der Waals surface area contributed by atoms with Crippen LogP contribution in [0.2, 0.25) is 0 Å². The lowest BCUT2D eigenvalue weighted by Crippen LogP contribution is -2.31. The Labute approximate surface area is 122 Å². The summed E-state index contributed by atoms with van der Waals surface area (Å²) < 4.78 is 5.88. The molecule has 20 heavy (non-hydrogen) atoms. The first-order chi connectivity index (χ1) is 9.61. The Morgan fingerprint density at radius 3 is 2.80 bits per heavy atom. The highest BCUT2D eigenvalue weighted by atomic mass is 16.3. The van der Waals surface area contributed by atoms with Gasteiger partial charge in [0.25, 0.3) is 0 Å². The summed E-state index contributed by atoms with van der Waals surface area (Å²) in [5, 5.41) is 3.52. The van der Waals surface area contributed by atoms with Gasteiger partial charge in [0.1, 0.15) is 11.5 Å². The maximum absolute atomic E-state index is 5.88. The molecule has 4 nitrogen and oxygen atoms in total. The van der Waals surface area contributed by atoms with Gasteiger partial charge in [0.15, 0.2) is 0 Å². The Balaban J connectivity index is 1.54. The van der Waals surface area contributed by atoms with Crippen molar-refractivity contribution in [3.05, 3.63) is 23.2 Å². The van der Waals surface area contributed by atoms with Crippen LogP contribution in [0.1, 0.15) is 36.3 Å². The van der Waals surface area contributed by atoms with Gasteiger partial charge in [-0.05, 0) is 46.3 Å². The number of nitrogens with zero attached hydrogens (tertiary/aromatic N) is 2. The largest absolute Gasteiger partial charge is 0.465 e. The number of furan rings is 1. The maximum Gasteiger partial charge on any atom is 0.118 e. The number of likely N-dealkylation sites (N-methyl/N-ethyl adjacent to an activating group) is 1. The molecule has 1 saturated carbocycles. The molecular formula is C16H27N3O. The van der Waals surface area contributed by atoms with Gasteiger partial charge in [-0.15, -0.1) is 0 Å². The van der Waals surface area contributed by atoms with E-state index in [2.05, 4.69) is 42.2 Å². The van der Waals surface area contributed by atoms with Crippen LogP contribution in [-0.2, 0) is 13.1 Å². The van der Waals surface area contributed by atoms with Crippen molar-refractivity contribution in [2.45, 2.75) is 51.4 Å². The number of aryl methyl sites for hydroxylation is 1. The molecule has 0 spiro atoms. The van der Waals surface area contributed by atoms with Crippen molar-refractivity contribution in [1.29, 1.82) is 0 Å². The minimum absolute atomic E-state index is 0.707. The van der Waals surface area contributed by atoms with Crippen molar-refractivity contribution in [3.8, 4) is 0 Å². The zero-order valence-corrected chi connectivity index (χ0v) is 13.0. The average molecular weight is 277 g/mol. The predicted molar refractivity (Wildman–Crippen MR) is 80.7 cm³/mol. The van der Waals surface area contributed by atoms with Crippen LogP contribution in [0, 0.1) is 6.92 Å². The normalized spacial score (nSPS) is 23.9. The van der Waals surface area contributed by atoms with Crippen molar-refractivity contribution >= 4 is 0 Å². The summed E-state index contributed by atoms with van der Waals surface area (Å²) in [7, 11) is 4.36. The topological polar surface area (TPSA) is 31.7 Å². The Kier molecular flexibility index (Phi) is 4.15. The van der Waals surface area contributed by atoms with Gasteiger partial charge >= 0.3 is 0 Å². The highest BCUT2D eigenvalue weighted by molar-refractivity contribution is 5.21. The fourth-order valence-electron chi connectivity index (χ4n) is 2.98. The van der Waals surface area contributed by atoms with Crippen molar-refractivity contribution in [3.63, 3.8) is 0 Å². The van der Waals surface area contributed by atoms with Crippen LogP contribution < -0.4 is 5.32 Å². The minimum Gasteiger partial charge on any atom is -0.465 e. The molecule has 0 aromatic carbocycles. The van der Waals surface area contributed by atoms with Gasteiger partial charge in [-0.1, -0.05) is 0 Å². The quantitative estimate of drug-likeness (QED) is 0.861. The lowest BCUT2D eigenvalue weighted by molar-refractivity contribution is 0.264. The highest BCUT2D eigenvalue weighted by Crippen LogP contribution is 2.23. The van der Waals surface area contributed by atoms with Gasteiger partial charge in [-0.3, -0.25) is 4.90 Å². The Hall–Kier alpha value is -0.840. The fourth-order valence-corrected chi connectivity index (χ4v) is 2.98. The maximum atomic E-state index is 5.88. The molecule has 2 aliphatic rings. The summed E-state index contributed by atoms with van der Waals surface area (Å²) in [6, 6.07) is 3.69. The first kappa shape index (κ1) is 14.1. The molecule has 4 heteroatoms. The Bertz CT molecular complexity index is 451. The summed E-state index contributed by atoms with van der Waals surface area (Å²) in [5.74, 6) is 2.18. The SMILES string of the molecule is Cc1oc(CNC2CC2)cc1CN1CCC(N(C)C)C1. The fraction of sp³-hybridized carbons (Fsp3) is 0.750. The average Bonchev–Trinajstić information content (AvgIpc) is 3.01. The van der Waals surface area contributed by atoms with Crippen molar-refractivity contribution < 1.29 is 4.42 Å².